The molecule has 1 saturated heterocycles. The van der Waals surface area contributed by atoms with Crippen LogP contribution in [0, 0.1) is 0 Å². The van der Waals surface area contributed by atoms with Crippen molar-refractivity contribution in [2.75, 3.05) is 6.54 Å². The standard InChI is InChI=1S/C13H16N2O4/c1-13(11(16)17)7-8-15(14-13)12(18)19-9-10-5-3-2-4-6-10/h2-6,14H,7-9H2,1H3,(H,16,17)/t13-/m0/s1. The molecule has 1 fully saturated rings. The molecule has 1 aliphatic rings. The average Bonchev–Trinajstić information content (AvgIpc) is 2.81. The molecule has 0 spiro atoms. The first-order valence-electron chi connectivity index (χ1n) is 6.01. The van der Waals surface area contributed by atoms with Gasteiger partial charge >= 0.3 is 12.1 Å². The van der Waals surface area contributed by atoms with Gasteiger partial charge in [0.25, 0.3) is 0 Å². The zero-order valence-corrected chi connectivity index (χ0v) is 10.6. The largest absolute Gasteiger partial charge is 0.480 e. The Morgan fingerprint density at radius 1 is 1.42 bits per heavy atom. The second-order valence-corrected chi connectivity index (χ2v) is 4.69. The Kier molecular flexibility index (Phi) is 3.71. The molecule has 0 aromatic heterocycles. The summed E-state index contributed by atoms with van der Waals surface area (Å²) in [6, 6.07) is 9.31. The van der Waals surface area contributed by atoms with Crippen molar-refractivity contribution in [2.24, 2.45) is 0 Å². The molecule has 1 aliphatic heterocycles. The van der Waals surface area contributed by atoms with E-state index in [9.17, 15) is 9.59 Å². The van der Waals surface area contributed by atoms with E-state index in [1.165, 1.54) is 5.01 Å². The van der Waals surface area contributed by atoms with Crippen molar-refractivity contribution in [3.63, 3.8) is 0 Å². The molecule has 0 radical (unpaired) electrons. The average molecular weight is 264 g/mol. The molecular weight excluding hydrogens is 248 g/mol. The normalized spacial score (nSPS) is 22.3. The highest BCUT2D eigenvalue weighted by Gasteiger charge is 2.42. The predicted octanol–water partition coefficient (Wildman–Crippen LogP) is 1.38. The van der Waals surface area contributed by atoms with E-state index in [1.54, 1.807) is 6.92 Å². The summed E-state index contributed by atoms with van der Waals surface area (Å²) in [4.78, 5) is 22.8. The van der Waals surface area contributed by atoms with Crippen LogP contribution in [0.4, 0.5) is 4.79 Å². The Morgan fingerprint density at radius 3 is 2.68 bits per heavy atom. The van der Waals surface area contributed by atoms with Crippen LogP contribution in [0.2, 0.25) is 0 Å². The summed E-state index contributed by atoms with van der Waals surface area (Å²) in [6.07, 6.45) is -0.211. The molecule has 6 nitrogen and oxygen atoms in total. The lowest BCUT2D eigenvalue weighted by Gasteiger charge is -2.21. The minimum atomic E-state index is -1.11. The number of rotatable bonds is 3. The number of aliphatic carboxylic acids is 1. The van der Waals surface area contributed by atoms with Gasteiger partial charge in [-0.1, -0.05) is 30.3 Å². The molecule has 1 amide bonds. The zero-order valence-electron chi connectivity index (χ0n) is 10.6. The third kappa shape index (κ3) is 3.03. The summed E-state index contributed by atoms with van der Waals surface area (Å²) in [5.74, 6) is -0.981. The van der Waals surface area contributed by atoms with E-state index < -0.39 is 17.6 Å². The fourth-order valence-corrected chi connectivity index (χ4v) is 1.83. The van der Waals surface area contributed by atoms with Gasteiger partial charge in [0.1, 0.15) is 12.1 Å². The summed E-state index contributed by atoms with van der Waals surface area (Å²) >= 11 is 0. The number of hydrazine groups is 1. The number of nitrogens with one attached hydrogen (secondary N) is 1. The monoisotopic (exact) mass is 264 g/mol. The first-order valence-corrected chi connectivity index (χ1v) is 6.01. The smallest absolute Gasteiger partial charge is 0.424 e. The Bertz CT molecular complexity index is 477. The van der Waals surface area contributed by atoms with Gasteiger partial charge in [0.05, 0.1) is 0 Å². The second kappa shape index (κ2) is 5.27. The number of nitrogens with zero attached hydrogens (tertiary/aromatic N) is 1. The molecule has 19 heavy (non-hydrogen) atoms. The predicted molar refractivity (Wildman–Crippen MR) is 67.1 cm³/mol. The minimum absolute atomic E-state index is 0.168. The Labute approximate surface area is 110 Å². The van der Waals surface area contributed by atoms with Crippen LogP contribution in [-0.2, 0) is 16.1 Å². The summed E-state index contributed by atoms with van der Waals surface area (Å²) in [5, 5.41) is 10.2. The fourth-order valence-electron chi connectivity index (χ4n) is 1.83. The highest BCUT2D eigenvalue weighted by atomic mass is 16.6. The molecule has 0 unspecified atom stereocenters. The Morgan fingerprint density at radius 2 is 2.11 bits per heavy atom. The van der Waals surface area contributed by atoms with Gasteiger partial charge in [0.15, 0.2) is 0 Å². The number of amides is 1. The molecule has 102 valence electrons. The summed E-state index contributed by atoms with van der Waals surface area (Å²) in [7, 11) is 0. The van der Waals surface area contributed by atoms with Crippen molar-refractivity contribution in [1.82, 2.24) is 10.4 Å². The first kappa shape index (κ1) is 13.4. The number of carbonyl (C=O) groups is 2. The van der Waals surface area contributed by atoms with Crippen molar-refractivity contribution in [3.8, 4) is 0 Å². The van der Waals surface area contributed by atoms with Crippen LogP contribution in [-0.4, -0.2) is 34.3 Å². The van der Waals surface area contributed by atoms with Crippen LogP contribution in [0.25, 0.3) is 0 Å². The molecule has 1 heterocycles. The maximum absolute atomic E-state index is 11.8. The molecule has 6 heteroatoms. The van der Waals surface area contributed by atoms with Gasteiger partial charge in [0, 0.05) is 6.54 Å². The summed E-state index contributed by atoms with van der Waals surface area (Å²) in [5.41, 5.74) is 2.44. The molecule has 1 atom stereocenters. The van der Waals surface area contributed by atoms with Crippen LogP contribution < -0.4 is 5.43 Å². The first-order chi connectivity index (χ1) is 9.01. The third-order valence-electron chi connectivity index (χ3n) is 3.11. The number of hydrogen-bond acceptors (Lipinski definition) is 4. The van der Waals surface area contributed by atoms with Crippen molar-refractivity contribution < 1.29 is 19.4 Å². The maximum atomic E-state index is 11.8. The van der Waals surface area contributed by atoms with Crippen molar-refractivity contribution in [2.45, 2.75) is 25.5 Å². The molecule has 1 aromatic rings. The van der Waals surface area contributed by atoms with E-state index in [2.05, 4.69) is 5.43 Å². The molecule has 1 aromatic carbocycles. The van der Waals surface area contributed by atoms with Crippen molar-refractivity contribution >= 4 is 12.1 Å². The van der Waals surface area contributed by atoms with Gasteiger partial charge in [-0.25, -0.2) is 15.2 Å². The zero-order chi connectivity index (χ0) is 13.9. The van der Waals surface area contributed by atoms with Gasteiger partial charge in [-0.3, -0.25) is 4.79 Å². The van der Waals surface area contributed by atoms with Crippen LogP contribution in [0.15, 0.2) is 30.3 Å². The lowest BCUT2D eigenvalue weighted by Crippen LogP contribution is -2.51. The van der Waals surface area contributed by atoms with E-state index in [0.29, 0.717) is 13.0 Å². The van der Waals surface area contributed by atoms with Gasteiger partial charge in [0.2, 0.25) is 0 Å². The molecule has 0 bridgehead atoms. The number of benzene rings is 1. The second-order valence-electron chi connectivity index (χ2n) is 4.69. The van der Waals surface area contributed by atoms with E-state index in [0.717, 1.165) is 5.56 Å². The van der Waals surface area contributed by atoms with E-state index in [4.69, 9.17) is 9.84 Å². The summed E-state index contributed by atoms with van der Waals surface area (Å²) in [6.45, 7) is 2.03. The quantitative estimate of drug-likeness (QED) is 0.862. The number of carbonyl (C=O) groups excluding carboxylic acids is 1. The Balaban J connectivity index is 1.87. The van der Waals surface area contributed by atoms with Gasteiger partial charge in [-0.2, -0.15) is 0 Å². The van der Waals surface area contributed by atoms with Crippen LogP contribution >= 0.6 is 0 Å². The summed E-state index contributed by atoms with van der Waals surface area (Å²) < 4.78 is 5.12. The van der Waals surface area contributed by atoms with E-state index >= 15 is 0 Å². The lowest BCUT2D eigenvalue weighted by atomic mass is 10.0. The van der Waals surface area contributed by atoms with E-state index in [-0.39, 0.29) is 6.61 Å². The van der Waals surface area contributed by atoms with Crippen LogP contribution in [0.1, 0.15) is 18.9 Å². The molecule has 0 saturated carbocycles. The van der Waals surface area contributed by atoms with Crippen LogP contribution in [0.3, 0.4) is 0 Å². The lowest BCUT2D eigenvalue weighted by molar-refractivity contribution is -0.144. The Hall–Kier alpha value is -2.08. The highest BCUT2D eigenvalue weighted by molar-refractivity contribution is 5.80. The van der Waals surface area contributed by atoms with Gasteiger partial charge in [-0.15, -0.1) is 0 Å². The highest BCUT2D eigenvalue weighted by Crippen LogP contribution is 2.19. The van der Waals surface area contributed by atoms with E-state index in [1.807, 2.05) is 30.3 Å². The topological polar surface area (TPSA) is 78.9 Å². The molecular formula is C13H16N2O4. The third-order valence-corrected chi connectivity index (χ3v) is 3.11. The fraction of sp³-hybridized carbons (Fsp3) is 0.385. The maximum Gasteiger partial charge on any atom is 0.424 e. The number of hydrogen-bond donors (Lipinski definition) is 2. The minimum Gasteiger partial charge on any atom is -0.480 e. The van der Waals surface area contributed by atoms with Gasteiger partial charge in [-0.05, 0) is 18.9 Å². The molecule has 2 rings (SSSR count). The number of ether oxygens (including phenoxy) is 1. The number of carboxylic acid groups (broad SMARTS) is 1. The number of carboxylic acids is 1. The SMILES string of the molecule is C[C@@]1(C(=O)O)CCN(C(=O)OCc2ccccc2)N1. The van der Waals surface area contributed by atoms with Gasteiger partial charge < -0.3 is 9.84 Å². The van der Waals surface area contributed by atoms with Crippen molar-refractivity contribution in [3.05, 3.63) is 35.9 Å². The molecule has 0 aliphatic carbocycles. The van der Waals surface area contributed by atoms with Crippen molar-refractivity contribution in [1.29, 1.82) is 0 Å². The molecule has 2 N–H and O–H groups in total. The van der Waals surface area contributed by atoms with Crippen LogP contribution in [0.5, 0.6) is 0 Å².